The van der Waals surface area contributed by atoms with Crippen LogP contribution >= 0.6 is 11.6 Å². The number of halogens is 1. The van der Waals surface area contributed by atoms with Crippen molar-refractivity contribution in [1.82, 2.24) is 4.98 Å². The molecule has 2 aromatic rings. The summed E-state index contributed by atoms with van der Waals surface area (Å²) in [6, 6.07) is 9.95. The minimum atomic E-state index is 0.781. The van der Waals surface area contributed by atoms with Crippen LogP contribution in [0.5, 0.6) is 0 Å². The summed E-state index contributed by atoms with van der Waals surface area (Å²) in [7, 11) is 0. The average molecular weight is 233 g/mol. The number of hydrogen-bond acceptors (Lipinski definition) is 2. The Bertz CT molecular complexity index is 469. The van der Waals surface area contributed by atoms with E-state index in [1.807, 2.05) is 37.4 Å². The summed E-state index contributed by atoms with van der Waals surface area (Å²) in [5.74, 6) is 0. The maximum atomic E-state index is 5.97. The molecule has 1 heterocycles. The fourth-order valence-corrected chi connectivity index (χ4v) is 1.61. The third kappa shape index (κ3) is 2.74. The van der Waals surface area contributed by atoms with E-state index in [0.717, 1.165) is 22.8 Å². The molecule has 2 rings (SSSR count). The van der Waals surface area contributed by atoms with Gasteiger partial charge in [0.15, 0.2) is 0 Å². The van der Waals surface area contributed by atoms with Crippen LogP contribution in [0.15, 0.2) is 42.7 Å². The second kappa shape index (κ2) is 4.99. The Balaban J connectivity index is 2.03. The highest BCUT2D eigenvalue weighted by Gasteiger charge is 1.97. The first-order valence-corrected chi connectivity index (χ1v) is 5.52. The third-order valence-corrected chi connectivity index (χ3v) is 2.80. The first-order valence-electron chi connectivity index (χ1n) is 5.14. The molecule has 0 unspecified atom stereocenters. The lowest BCUT2D eigenvalue weighted by Crippen LogP contribution is -1.99. The smallest absolute Gasteiger partial charge is 0.0529 e. The van der Waals surface area contributed by atoms with E-state index in [2.05, 4.69) is 16.4 Å². The number of aromatic nitrogens is 1. The van der Waals surface area contributed by atoms with Gasteiger partial charge in [-0.15, -0.1) is 0 Å². The van der Waals surface area contributed by atoms with Crippen molar-refractivity contribution >= 4 is 17.3 Å². The van der Waals surface area contributed by atoms with Crippen molar-refractivity contribution in [1.29, 1.82) is 0 Å². The van der Waals surface area contributed by atoms with Crippen molar-refractivity contribution < 1.29 is 0 Å². The molecular weight excluding hydrogens is 220 g/mol. The van der Waals surface area contributed by atoms with Gasteiger partial charge in [-0.05, 0) is 36.2 Å². The highest BCUT2D eigenvalue weighted by molar-refractivity contribution is 6.31. The molecule has 3 heteroatoms. The second-order valence-electron chi connectivity index (χ2n) is 3.68. The SMILES string of the molecule is Cc1cc(CNc2cccnc2)ccc1Cl. The van der Waals surface area contributed by atoms with Crippen molar-refractivity contribution in [3.05, 3.63) is 58.9 Å². The lowest BCUT2D eigenvalue weighted by Gasteiger charge is -2.07. The first-order chi connectivity index (χ1) is 7.75. The molecule has 0 aliphatic carbocycles. The molecule has 0 radical (unpaired) electrons. The molecule has 1 aromatic carbocycles. The van der Waals surface area contributed by atoms with Gasteiger partial charge in [-0.1, -0.05) is 23.7 Å². The fourth-order valence-electron chi connectivity index (χ4n) is 1.49. The van der Waals surface area contributed by atoms with Gasteiger partial charge in [0.1, 0.15) is 0 Å². The van der Waals surface area contributed by atoms with E-state index in [9.17, 15) is 0 Å². The van der Waals surface area contributed by atoms with Gasteiger partial charge in [-0.2, -0.15) is 0 Å². The highest BCUT2D eigenvalue weighted by Crippen LogP contribution is 2.17. The van der Waals surface area contributed by atoms with E-state index in [1.165, 1.54) is 5.56 Å². The largest absolute Gasteiger partial charge is 0.380 e. The molecule has 0 saturated carbocycles. The predicted molar refractivity (Wildman–Crippen MR) is 67.8 cm³/mol. The number of benzene rings is 1. The molecule has 0 fully saturated rings. The Morgan fingerprint density at radius 3 is 2.88 bits per heavy atom. The normalized spacial score (nSPS) is 10.1. The van der Waals surface area contributed by atoms with Gasteiger partial charge in [-0.3, -0.25) is 4.98 Å². The van der Waals surface area contributed by atoms with Crippen LogP contribution in [0.3, 0.4) is 0 Å². The minimum absolute atomic E-state index is 0.781. The molecule has 16 heavy (non-hydrogen) atoms. The summed E-state index contributed by atoms with van der Waals surface area (Å²) in [6.45, 7) is 2.79. The summed E-state index contributed by atoms with van der Waals surface area (Å²) in [5, 5.41) is 4.11. The molecule has 0 aliphatic rings. The van der Waals surface area contributed by atoms with Crippen LogP contribution in [0.4, 0.5) is 5.69 Å². The van der Waals surface area contributed by atoms with Crippen molar-refractivity contribution in [2.45, 2.75) is 13.5 Å². The number of nitrogens with zero attached hydrogens (tertiary/aromatic N) is 1. The van der Waals surface area contributed by atoms with Crippen LogP contribution < -0.4 is 5.32 Å². The van der Waals surface area contributed by atoms with Crippen molar-refractivity contribution in [2.24, 2.45) is 0 Å². The van der Waals surface area contributed by atoms with Crippen LogP contribution in [-0.4, -0.2) is 4.98 Å². The quantitative estimate of drug-likeness (QED) is 0.874. The Morgan fingerprint density at radius 2 is 2.19 bits per heavy atom. The van der Waals surface area contributed by atoms with Gasteiger partial charge in [0, 0.05) is 24.0 Å². The van der Waals surface area contributed by atoms with E-state index >= 15 is 0 Å². The van der Waals surface area contributed by atoms with Crippen molar-refractivity contribution in [2.75, 3.05) is 5.32 Å². The average Bonchev–Trinajstić information content (AvgIpc) is 2.32. The molecule has 0 saturated heterocycles. The van der Waals surface area contributed by atoms with Gasteiger partial charge in [-0.25, -0.2) is 0 Å². The summed E-state index contributed by atoms with van der Waals surface area (Å²) in [4.78, 5) is 4.05. The highest BCUT2D eigenvalue weighted by atomic mass is 35.5. The zero-order valence-electron chi connectivity index (χ0n) is 9.07. The van der Waals surface area contributed by atoms with Crippen LogP contribution in [0.2, 0.25) is 5.02 Å². The second-order valence-corrected chi connectivity index (χ2v) is 4.09. The molecule has 0 aliphatic heterocycles. The number of aryl methyl sites for hydroxylation is 1. The Kier molecular flexibility index (Phi) is 3.42. The Hall–Kier alpha value is -1.54. The van der Waals surface area contributed by atoms with Gasteiger partial charge in [0.05, 0.1) is 5.69 Å². The third-order valence-electron chi connectivity index (χ3n) is 2.38. The Morgan fingerprint density at radius 1 is 1.31 bits per heavy atom. The van der Waals surface area contributed by atoms with Crippen LogP contribution in [0, 0.1) is 6.92 Å². The van der Waals surface area contributed by atoms with E-state index in [-0.39, 0.29) is 0 Å². The molecule has 2 nitrogen and oxygen atoms in total. The molecule has 1 N–H and O–H groups in total. The first kappa shape index (κ1) is 11.0. The summed E-state index contributed by atoms with van der Waals surface area (Å²) in [6.07, 6.45) is 3.57. The standard InChI is InChI=1S/C13H13ClN2/c1-10-7-11(4-5-13(10)14)8-16-12-3-2-6-15-9-12/h2-7,9,16H,8H2,1H3. The number of rotatable bonds is 3. The van der Waals surface area contributed by atoms with Gasteiger partial charge in [0.2, 0.25) is 0 Å². The van der Waals surface area contributed by atoms with Gasteiger partial charge >= 0.3 is 0 Å². The van der Waals surface area contributed by atoms with Crippen LogP contribution in [0.25, 0.3) is 0 Å². The van der Waals surface area contributed by atoms with E-state index in [4.69, 9.17) is 11.6 Å². The van der Waals surface area contributed by atoms with Crippen LogP contribution in [0.1, 0.15) is 11.1 Å². The van der Waals surface area contributed by atoms with Gasteiger partial charge < -0.3 is 5.32 Å². The molecule has 0 spiro atoms. The van der Waals surface area contributed by atoms with E-state index in [1.54, 1.807) is 6.20 Å². The Labute approximate surface area is 100 Å². The lowest BCUT2D eigenvalue weighted by atomic mass is 10.1. The van der Waals surface area contributed by atoms with E-state index in [0.29, 0.717) is 0 Å². The maximum Gasteiger partial charge on any atom is 0.0529 e. The van der Waals surface area contributed by atoms with Crippen molar-refractivity contribution in [3.63, 3.8) is 0 Å². The van der Waals surface area contributed by atoms with E-state index < -0.39 is 0 Å². The zero-order chi connectivity index (χ0) is 11.4. The minimum Gasteiger partial charge on any atom is -0.380 e. The molecule has 82 valence electrons. The number of nitrogens with one attached hydrogen (secondary N) is 1. The number of pyridine rings is 1. The number of hydrogen-bond donors (Lipinski definition) is 1. The van der Waals surface area contributed by atoms with Crippen LogP contribution in [-0.2, 0) is 6.54 Å². The molecule has 0 amide bonds. The summed E-state index contributed by atoms with van der Waals surface area (Å²) >= 11 is 5.97. The molecule has 0 atom stereocenters. The van der Waals surface area contributed by atoms with Crippen molar-refractivity contribution in [3.8, 4) is 0 Å². The number of anilines is 1. The summed E-state index contributed by atoms with van der Waals surface area (Å²) in [5.41, 5.74) is 3.34. The molecular formula is C13H13ClN2. The molecule has 0 bridgehead atoms. The topological polar surface area (TPSA) is 24.9 Å². The monoisotopic (exact) mass is 232 g/mol. The fraction of sp³-hybridized carbons (Fsp3) is 0.154. The zero-order valence-corrected chi connectivity index (χ0v) is 9.83. The molecule has 1 aromatic heterocycles. The summed E-state index contributed by atoms with van der Waals surface area (Å²) < 4.78 is 0. The lowest BCUT2D eigenvalue weighted by molar-refractivity contribution is 1.13. The maximum absolute atomic E-state index is 5.97. The van der Waals surface area contributed by atoms with Gasteiger partial charge in [0.25, 0.3) is 0 Å². The predicted octanol–water partition coefficient (Wildman–Crippen LogP) is 3.66.